The number of nitrogens with one attached hydrogen (secondary N) is 1. The second-order valence-electron chi connectivity index (χ2n) is 5.39. The molecule has 0 saturated carbocycles. The molecule has 2 aromatic carbocycles. The molecule has 5 heteroatoms. The standard InChI is InChI=1S/C20H19NO4/c22-20(21-13-19-7-4-12-23-19)15-25-18-10-8-17(9-11-18)24-14-16-5-2-1-3-6-16/h1-12H,13-15H2,(H,21,22). The first kappa shape index (κ1) is 16.6. The van der Waals surface area contributed by atoms with Gasteiger partial charge in [-0.15, -0.1) is 0 Å². The second kappa shape index (κ2) is 8.59. The number of rotatable bonds is 8. The third-order valence-electron chi connectivity index (χ3n) is 3.48. The van der Waals surface area contributed by atoms with Gasteiger partial charge in [0, 0.05) is 0 Å². The average Bonchev–Trinajstić information content (AvgIpc) is 3.18. The van der Waals surface area contributed by atoms with Gasteiger partial charge < -0.3 is 19.2 Å². The summed E-state index contributed by atoms with van der Waals surface area (Å²) in [7, 11) is 0. The van der Waals surface area contributed by atoms with Crippen LogP contribution in [0.4, 0.5) is 0 Å². The Labute approximate surface area is 146 Å². The molecule has 1 amide bonds. The molecular formula is C20H19NO4. The van der Waals surface area contributed by atoms with E-state index in [0.717, 1.165) is 11.3 Å². The van der Waals surface area contributed by atoms with E-state index in [-0.39, 0.29) is 12.5 Å². The smallest absolute Gasteiger partial charge is 0.258 e. The van der Waals surface area contributed by atoms with E-state index in [4.69, 9.17) is 13.9 Å². The molecule has 0 spiro atoms. The fraction of sp³-hybridized carbons (Fsp3) is 0.150. The first-order chi connectivity index (χ1) is 12.3. The molecule has 1 heterocycles. The molecule has 0 unspecified atom stereocenters. The van der Waals surface area contributed by atoms with E-state index in [1.54, 1.807) is 30.5 Å². The van der Waals surface area contributed by atoms with E-state index in [0.29, 0.717) is 24.7 Å². The quantitative estimate of drug-likeness (QED) is 0.683. The van der Waals surface area contributed by atoms with Gasteiger partial charge in [0.2, 0.25) is 0 Å². The Morgan fingerprint density at radius 2 is 1.60 bits per heavy atom. The van der Waals surface area contributed by atoms with Gasteiger partial charge in [0.25, 0.3) is 5.91 Å². The molecule has 25 heavy (non-hydrogen) atoms. The van der Waals surface area contributed by atoms with Crippen molar-refractivity contribution >= 4 is 5.91 Å². The lowest BCUT2D eigenvalue weighted by molar-refractivity contribution is -0.123. The van der Waals surface area contributed by atoms with Gasteiger partial charge in [0.05, 0.1) is 12.8 Å². The van der Waals surface area contributed by atoms with E-state index >= 15 is 0 Å². The number of carbonyl (C=O) groups is 1. The maximum Gasteiger partial charge on any atom is 0.258 e. The van der Waals surface area contributed by atoms with Gasteiger partial charge in [0.15, 0.2) is 6.61 Å². The number of ether oxygens (including phenoxy) is 2. The van der Waals surface area contributed by atoms with Crippen LogP contribution in [0.5, 0.6) is 11.5 Å². The van der Waals surface area contributed by atoms with Gasteiger partial charge in [0.1, 0.15) is 23.9 Å². The lowest BCUT2D eigenvalue weighted by Crippen LogP contribution is -2.28. The zero-order valence-corrected chi connectivity index (χ0v) is 13.7. The molecule has 1 N–H and O–H groups in total. The van der Waals surface area contributed by atoms with Crippen molar-refractivity contribution in [1.82, 2.24) is 5.32 Å². The minimum absolute atomic E-state index is 0.0507. The molecule has 3 aromatic rings. The predicted octanol–water partition coefficient (Wildman–Crippen LogP) is 3.55. The van der Waals surface area contributed by atoms with Gasteiger partial charge in [-0.05, 0) is 42.0 Å². The summed E-state index contributed by atoms with van der Waals surface area (Å²) in [4.78, 5) is 11.7. The van der Waals surface area contributed by atoms with Crippen LogP contribution in [0.1, 0.15) is 11.3 Å². The van der Waals surface area contributed by atoms with Crippen LogP contribution in [0.25, 0.3) is 0 Å². The highest BCUT2D eigenvalue weighted by Gasteiger charge is 2.04. The normalized spacial score (nSPS) is 10.2. The van der Waals surface area contributed by atoms with Crippen LogP contribution in [-0.2, 0) is 17.9 Å². The Kier molecular flexibility index (Phi) is 5.72. The molecule has 1 aromatic heterocycles. The van der Waals surface area contributed by atoms with Gasteiger partial charge in [-0.25, -0.2) is 0 Å². The van der Waals surface area contributed by atoms with Crippen molar-refractivity contribution in [1.29, 1.82) is 0 Å². The third-order valence-corrected chi connectivity index (χ3v) is 3.48. The van der Waals surface area contributed by atoms with Crippen LogP contribution in [0.15, 0.2) is 77.4 Å². The SMILES string of the molecule is O=C(COc1ccc(OCc2ccccc2)cc1)NCc1ccco1. The zero-order chi connectivity index (χ0) is 17.3. The van der Waals surface area contributed by atoms with Crippen molar-refractivity contribution in [3.63, 3.8) is 0 Å². The summed E-state index contributed by atoms with van der Waals surface area (Å²) < 4.78 is 16.3. The molecule has 0 bridgehead atoms. The van der Waals surface area contributed by atoms with Crippen LogP contribution < -0.4 is 14.8 Å². The third kappa shape index (κ3) is 5.42. The lowest BCUT2D eigenvalue weighted by Gasteiger charge is -2.09. The van der Waals surface area contributed by atoms with Gasteiger partial charge in [-0.1, -0.05) is 30.3 Å². The minimum atomic E-state index is -0.208. The summed E-state index contributed by atoms with van der Waals surface area (Å²) in [6.07, 6.45) is 1.57. The Hall–Kier alpha value is -3.21. The lowest BCUT2D eigenvalue weighted by atomic mass is 10.2. The number of amides is 1. The van der Waals surface area contributed by atoms with Gasteiger partial charge in [-0.2, -0.15) is 0 Å². The van der Waals surface area contributed by atoms with Crippen LogP contribution in [0, 0.1) is 0 Å². The Balaban J connectivity index is 1.40. The average molecular weight is 337 g/mol. The Morgan fingerprint density at radius 1 is 0.880 bits per heavy atom. The van der Waals surface area contributed by atoms with E-state index in [2.05, 4.69) is 5.32 Å². The molecule has 0 atom stereocenters. The maximum atomic E-state index is 11.7. The summed E-state index contributed by atoms with van der Waals surface area (Å²) >= 11 is 0. The molecule has 0 aliphatic carbocycles. The Morgan fingerprint density at radius 3 is 2.28 bits per heavy atom. The molecule has 3 rings (SSSR count). The monoisotopic (exact) mass is 337 g/mol. The summed E-state index contributed by atoms with van der Waals surface area (Å²) in [5, 5.41) is 2.72. The van der Waals surface area contributed by atoms with Crippen LogP contribution in [0.2, 0.25) is 0 Å². The molecule has 0 radical (unpaired) electrons. The topological polar surface area (TPSA) is 60.7 Å². The molecular weight excluding hydrogens is 318 g/mol. The predicted molar refractivity (Wildman–Crippen MR) is 93.3 cm³/mol. The van der Waals surface area contributed by atoms with E-state index < -0.39 is 0 Å². The molecule has 0 fully saturated rings. The van der Waals surface area contributed by atoms with Crippen molar-refractivity contribution in [2.75, 3.05) is 6.61 Å². The van der Waals surface area contributed by atoms with Crippen molar-refractivity contribution < 1.29 is 18.7 Å². The van der Waals surface area contributed by atoms with Crippen molar-refractivity contribution in [2.45, 2.75) is 13.2 Å². The fourth-order valence-corrected chi connectivity index (χ4v) is 2.17. The number of carbonyl (C=O) groups excluding carboxylic acids is 1. The van der Waals surface area contributed by atoms with Crippen LogP contribution >= 0.6 is 0 Å². The first-order valence-electron chi connectivity index (χ1n) is 7.98. The van der Waals surface area contributed by atoms with Gasteiger partial charge in [-0.3, -0.25) is 4.79 Å². The van der Waals surface area contributed by atoms with Crippen molar-refractivity contribution in [3.8, 4) is 11.5 Å². The largest absolute Gasteiger partial charge is 0.489 e. The van der Waals surface area contributed by atoms with E-state index in [1.165, 1.54) is 0 Å². The summed E-state index contributed by atoms with van der Waals surface area (Å²) in [5.41, 5.74) is 1.11. The Bertz CT molecular complexity index is 767. The second-order valence-corrected chi connectivity index (χ2v) is 5.39. The number of hydrogen-bond donors (Lipinski definition) is 1. The van der Waals surface area contributed by atoms with Crippen molar-refractivity contribution in [2.24, 2.45) is 0 Å². The molecule has 0 aliphatic heterocycles. The van der Waals surface area contributed by atoms with Crippen molar-refractivity contribution in [3.05, 3.63) is 84.3 Å². The number of hydrogen-bond acceptors (Lipinski definition) is 4. The highest BCUT2D eigenvalue weighted by atomic mass is 16.5. The molecule has 5 nitrogen and oxygen atoms in total. The summed E-state index contributed by atoms with van der Waals surface area (Å²) in [5.74, 6) is 1.85. The highest BCUT2D eigenvalue weighted by Crippen LogP contribution is 2.18. The minimum Gasteiger partial charge on any atom is -0.489 e. The van der Waals surface area contributed by atoms with E-state index in [1.807, 2.05) is 42.5 Å². The number of benzene rings is 2. The van der Waals surface area contributed by atoms with E-state index in [9.17, 15) is 4.79 Å². The zero-order valence-electron chi connectivity index (χ0n) is 13.7. The highest BCUT2D eigenvalue weighted by molar-refractivity contribution is 5.77. The molecule has 128 valence electrons. The summed E-state index contributed by atoms with van der Waals surface area (Å²) in [6, 6.07) is 20.7. The molecule has 0 aliphatic rings. The van der Waals surface area contributed by atoms with Crippen LogP contribution in [-0.4, -0.2) is 12.5 Å². The fourth-order valence-electron chi connectivity index (χ4n) is 2.17. The first-order valence-corrected chi connectivity index (χ1v) is 7.98. The summed E-state index contributed by atoms with van der Waals surface area (Å²) in [6.45, 7) is 0.808. The number of furan rings is 1. The van der Waals surface area contributed by atoms with Crippen LogP contribution in [0.3, 0.4) is 0 Å². The maximum absolute atomic E-state index is 11.7. The molecule has 0 saturated heterocycles. The van der Waals surface area contributed by atoms with Gasteiger partial charge >= 0.3 is 0 Å².